The Morgan fingerprint density at radius 2 is 1.94 bits per heavy atom. The maximum absolute atomic E-state index is 11.3. The van der Waals surface area contributed by atoms with Crippen LogP contribution in [0.3, 0.4) is 0 Å². The molecule has 0 unspecified atom stereocenters. The maximum Gasteiger partial charge on any atom is 0.221 e. The van der Waals surface area contributed by atoms with E-state index in [2.05, 4.69) is 5.32 Å². The lowest BCUT2D eigenvalue weighted by Gasteiger charge is -2.01. The topological polar surface area (TPSA) is 63.2 Å². The van der Waals surface area contributed by atoms with Gasteiger partial charge in [-0.1, -0.05) is 42.5 Å². The quantitative estimate of drug-likeness (QED) is 0.843. The second-order valence-electron chi connectivity index (χ2n) is 4.00. The van der Waals surface area contributed by atoms with Gasteiger partial charge in [-0.2, -0.15) is 0 Å². The van der Waals surface area contributed by atoms with Crippen molar-refractivity contribution in [2.45, 2.75) is 6.42 Å². The van der Waals surface area contributed by atoms with E-state index in [1.807, 2.05) is 42.5 Å². The van der Waals surface area contributed by atoms with Crippen LogP contribution in [0.25, 0.3) is 6.08 Å². The van der Waals surface area contributed by atoms with Crippen LogP contribution in [0.1, 0.15) is 12.0 Å². The first kappa shape index (κ1) is 14.4. The van der Waals surface area contributed by atoms with E-state index in [1.165, 1.54) is 0 Å². The summed E-state index contributed by atoms with van der Waals surface area (Å²) < 4.78 is 21.7. The lowest BCUT2D eigenvalue weighted by molar-refractivity contribution is -0.120. The van der Waals surface area contributed by atoms with Crippen molar-refractivity contribution in [2.24, 2.45) is 0 Å². The summed E-state index contributed by atoms with van der Waals surface area (Å²) in [5.41, 5.74) is 1.06. The van der Waals surface area contributed by atoms with Gasteiger partial charge in [0.2, 0.25) is 5.91 Å². The van der Waals surface area contributed by atoms with E-state index in [9.17, 15) is 13.2 Å². The van der Waals surface area contributed by atoms with Gasteiger partial charge in [-0.25, -0.2) is 8.42 Å². The van der Waals surface area contributed by atoms with Gasteiger partial charge in [0.1, 0.15) is 9.84 Å². The van der Waals surface area contributed by atoms with Gasteiger partial charge in [0.05, 0.1) is 5.75 Å². The summed E-state index contributed by atoms with van der Waals surface area (Å²) in [6.07, 6.45) is 4.86. The van der Waals surface area contributed by atoms with E-state index in [4.69, 9.17) is 0 Å². The van der Waals surface area contributed by atoms with Crippen molar-refractivity contribution in [2.75, 3.05) is 18.6 Å². The maximum atomic E-state index is 11.3. The molecule has 5 heteroatoms. The van der Waals surface area contributed by atoms with Gasteiger partial charge in [0, 0.05) is 19.2 Å². The van der Waals surface area contributed by atoms with Crippen molar-refractivity contribution in [3.63, 3.8) is 0 Å². The number of hydrogen-bond acceptors (Lipinski definition) is 3. The molecule has 0 heterocycles. The zero-order chi connectivity index (χ0) is 13.4. The van der Waals surface area contributed by atoms with Crippen LogP contribution in [0, 0.1) is 0 Å². The van der Waals surface area contributed by atoms with Crippen molar-refractivity contribution in [1.82, 2.24) is 5.32 Å². The van der Waals surface area contributed by atoms with Crippen LogP contribution in [0.15, 0.2) is 36.4 Å². The molecule has 1 N–H and O–H groups in total. The first-order chi connectivity index (χ1) is 8.47. The highest BCUT2D eigenvalue weighted by molar-refractivity contribution is 7.90. The summed E-state index contributed by atoms with van der Waals surface area (Å²) in [6, 6.07) is 9.73. The molecule has 0 saturated heterocycles. The fourth-order valence-electron chi connectivity index (χ4n) is 1.30. The predicted octanol–water partition coefficient (Wildman–Crippen LogP) is 1.25. The molecule has 0 bridgehead atoms. The number of rotatable bonds is 6. The van der Waals surface area contributed by atoms with Gasteiger partial charge in [-0.05, 0) is 5.56 Å². The van der Waals surface area contributed by atoms with Crippen molar-refractivity contribution in [1.29, 1.82) is 0 Å². The summed E-state index contributed by atoms with van der Waals surface area (Å²) >= 11 is 0. The molecule has 0 aromatic heterocycles. The van der Waals surface area contributed by atoms with Crippen LogP contribution < -0.4 is 5.32 Å². The molecule has 0 fully saturated rings. The average Bonchev–Trinajstić information content (AvgIpc) is 2.33. The first-order valence-electron chi connectivity index (χ1n) is 5.63. The number of nitrogens with one attached hydrogen (secondary N) is 1. The van der Waals surface area contributed by atoms with E-state index in [0.29, 0.717) is 6.54 Å². The van der Waals surface area contributed by atoms with Crippen LogP contribution in [0.2, 0.25) is 0 Å². The molecular formula is C13H17NO3S. The molecule has 0 aliphatic carbocycles. The van der Waals surface area contributed by atoms with Gasteiger partial charge >= 0.3 is 0 Å². The molecule has 98 valence electrons. The summed E-state index contributed by atoms with van der Waals surface area (Å²) in [4.78, 5) is 11.3. The third kappa shape index (κ3) is 6.85. The third-order valence-electron chi connectivity index (χ3n) is 2.23. The highest BCUT2D eigenvalue weighted by Gasteiger charge is 2.06. The zero-order valence-electron chi connectivity index (χ0n) is 10.3. The number of carbonyl (C=O) groups is 1. The van der Waals surface area contributed by atoms with Crippen LogP contribution in [-0.4, -0.2) is 32.9 Å². The number of sulfone groups is 1. The summed E-state index contributed by atoms with van der Waals surface area (Å²) in [6.45, 7) is 0.400. The molecule has 0 spiro atoms. The average molecular weight is 267 g/mol. The Balaban J connectivity index is 2.26. The first-order valence-corrected chi connectivity index (χ1v) is 7.69. The molecule has 1 rings (SSSR count). The number of benzene rings is 1. The normalized spacial score (nSPS) is 11.6. The lowest BCUT2D eigenvalue weighted by atomic mass is 10.2. The SMILES string of the molecule is CS(=O)(=O)CCC(=O)NCC=Cc1ccccc1. The monoisotopic (exact) mass is 267 g/mol. The number of amides is 1. The fraction of sp³-hybridized carbons (Fsp3) is 0.308. The Morgan fingerprint density at radius 3 is 2.56 bits per heavy atom. The Labute approximate surface area is 108 Å². The van der Waals surface area contributed by atoms with Crippen LogP contribution >= 0.6 is 0 Å². The Hall–Kier alpha value is -1.62. The molecule has 0 aliphatic rings. The Bertz CT molecular complexity index is 506. The van der Waals surface area contributed by atoms with Gasteiger partial charge in [0.25, 0.3) is 0 Å². The molecule has 1 amide bonds. The standard InChI is InChI=1S/C13H17NO3S/c1-18(16,17)11-9-13(15)14-10-5-8-12-6-3-2-4-7-12/h2-8H,9-11H2,1H3,(H,14,15). The Morgan fingerprint density at radius 1 is 1.28 bits per heavy atom. The van der Waals surface area contributed by atoms with Gasteiger partial charge in [-0.15, -0.1) is 0 Å². The smallest absolute Gasteiger partial charge is 0.221 e. The van der Waals surface area contributed by atoms with E-state index in [0.717, 1.165) is 11.8 Å². The molecule has 0 aliphatic heterocycles. The molecule has 0 radical (unpaired) electrons. The lowest BCUT2D eigenvalue weighted by Crippen LogP contribution is -2.25. The van der Waals surface area contributed by atoms with E-state index in [-0.39, 0.29) is 18.1 Å². The van der Waals surface area contributed by atoms with Crippen molar-refractivity contribution in [3.8, 4) is 0 Å². The van der Waals surface area contributed by atoms with E-state index in [1.54, 1.807) is 0 Å². The summed E-state index contributed by atoms with van der Waals surface area (Å²) in [5.74, 6) is -0.362. The van der Waals surface area contributed by atoms with Gasteiger partial charge in [0.15, 0.2) is 0 Å². The van der Waals surface area contributed by atoms with E-state index < -0.39 is 9.84 Å². The van der Waals surface area contributed by atoms with Crippen LogP contribution in [0.5, 0.6) is 0 Å². The summed E-state index contributed by atoms with van der Waals surface area (Å²) in [7, 11) is -3.07. The Kier molecular flexibility index (Phi) is 5.58. The van der Waals surface area contributed by atoms with Crippen molar-refractivity contribution >= 4 is 21.8 Å². The minimum atomic E-state index is -3.07. The molecule has 4 nitrogen and oxygen atoms in total. The number of carbonyl (C=O) groups excluding carboxylic acids is 1. The van der Waals surface area contributed by atoms with Crippen LogP contribution in [0.4, 0.5) is 0 Å². The minimum Gasteiger partial charge on any atom is -0.353 e. The fourth-order valence-corrected chi connectivity index (χ4v) is 1.85. The largest absolute Gasteiger partial charge is 0.353 e. The second-order valence-corrected chi connectivity index (χ2v) is 6.26. The second kappa shape index (κ2) is 6.96. The molecule has 18 heavy (non-hydrogen) atoms. The summed E-state index contributed by atoms with van der Waals surface area (Å²) in [5, 5.41) is 2.64. The number of hydrogen-bond donors (Lipinski definition) is 1. The van der Waals surface area contributed by atoms with Gasteiger partial charge in [-0.3, -0.25) is 4.79 Å². The van der Waals surface area contributed by atoms with Gasteiger partial charge < -0.3 is 5.32 Å². The molecule has 0 saturated carbocycles. The van der Waals surface area contributed by atoms with Crippen molar-refractivity contribution in [3.05, 3.63) is 42.0 Å². The molecular weight excluding hydrogens is 250 g/mol. The van der Waals surface area contributed by atoms with Crippen molar-refractivity contribution < 1.29 is 13.2 Å². The molecule has 1 aromatic rings. The highest BCUT2D eigenvalue weighted by atomic mass is 32.2. The highest BCUT2D eigenvalue weighted by Crippen LogP contribution is 1.99. The van der Waals surface area contributed by atoms with E-state index >= 15 is 0 Å². The predicted molar refractivity (Wildman–Crippen MR) is 72.8 cm³/mol. The minimum absolute atomic E-state index is 0.0119. The third-order valence-corrected chi connectivity index (χ3v) is 3.17. The zero-order valence-corrected chi connectivity index (χ0v) is 11.1. The van der Waals surface area contributed by atoms with Crippen LogP contribution in [-0.2, 0) is 14.6 Å². The molecule has 0 atom stereocenters. The molecule has 1 aromatic carbocycles.